The normalized spacial score (nSPS) is 11.9. The molecule has 0 aliphatic rings. The minimum atomic E-state index is -4.80. The highest BCUT2D eigenvalue weighted by molar-refractivity contribution is 6.32. The predicted octanol–water partition coefficient (Wildman–Crippen LogP) is 2.96. The molecule has 2 N–H and O–H groups in total. The van der Waals surface area contributed by atoms with Gasteiger partial charge >= 0.3 is 6.18 Å². The first-order valence-corrected chi connectivity index (χ1v) is 4.00. The van der Waals surface area contributed by atoms with Crippen LogP contribution in [0.4, 0.5) is 17.6 Å². The van der Waals surface area contributed by atoms with E-state index >= 15 is 0 Å². The van der Waals surface area contributed by atoms with Crippen molar-refractivity contribution in [3.8, 4) is 0 Å². The van der Waals surface area contributed by atoms with Crippen LogP contribution >= 0.6 is 11.6 Å². The van der Waals surface area contributed by atoms with Crippen LogP contribution in [-0.4, -0.2) is 0 Å². The molecule has 0 fully saturated rings. The van der Waals surface area contributed by atoms with Crippen LogP contribution in [0.15, 0.2) is 12.1 Å². The Morgan fingerprint density at radius 1 is 1.29 bits per heavy atom. The van der Waals surface area contributed by atoms with E-state index in [1.54, 1.807) is 0 Å². The van der Waals surface area contributed by atoms with Crippen molar-refractivity contribution in [2.24, 2.45) is 5.73 Å². The topological polar surface area (TPSA) is 26.0 Å². The van der Waals surface area contributed by atoms with E-state index in [1.807, 2.05) is 0 Å². The Hall–Kier alpha value is -0.810. The van der Waals surface area contributed by atoms with Crippen molar-refractivity contribution in [2.75, 3.05) is 0 Å². The molecule has 0 radical (unpaired) electrons. The van der Waals surface area contributed by atoms with Gasteiger partial charge in [-0.2, -0.15) is 13.2 Å². The molecule has 0 unspecified atom stereocenters. The van der Waals surface area contributed by atoms with Gasteiger partial charge in [0.15, 0.2) is 0 Å². The van der Waals surface area contributed by atoms with Gasteiger partial charge in [-0.25, -0.2) is 4.39 Å². The summed E-state index contributed by atoms with van der Waals surface area (Å²) in [5, 5.41) is -0.667. The lowest BCUT2D eigenvalue weighted by Gasteiger charge is -2.12. The molecular weight excluding hydrogens is 222 g/mol. The summed E-state index contributed by atoms with van der Waals surface area (Å²) in [5.74, 6) is -1.39. The molecule has 0 saturated carbocycles. The molecule has 6 heteroatoms. The molecule has 1 aromatic carbocycles. The highest BCUT2D eigenvalue weighted by Gasteiger charge is 2.37. The van der Waals surface area contributed by atoms with Crippen molar-refractivity contribution in [1.29, 1.82) is 0 Å². The zero-order chi connectivity index (χ0) is 10.9. The van der Waals surface area contributed by atoms with Gasteiger partial charge in [-0.1, -0.05) is 17.7 Å². The third-order valence-corrected chi connectivity index (χ3v) is 2.11. The summed E-state index contributed by atoms with van der Waals surface area (Å²) in [6.45, 7) is -0.164. The number of alkyl halides is 3. The third kappa shape index (κ3) is 1.99. The monoisotopic (exact) mass is 227 g/mol. The van der Waals surface area contributed by atoms with Crippen molar-refractivity contribution in [3.63, 3.8) is 0 Å². The van der Waals surface area contributed by atoms with E-state index in [0.717, 1.165) is 6.07 Å². The van der Waals surface area contributed by atoms with Crippen LogP contribution in [-0.2, 0) is 12.7 Å². The van der Waals surface area contributed by atoms with E-state index in [2.05, 4.69) is 0 Å². The molecule has 14 heavy (non-hydrogen) atoms. The maximum Gasteiger partial charge on any atom is 0.420 e. The first-order chi connectivity index (χ1) is 6.38. The van der Waals surface area contributed by atoms with Crippen molar-refractivity contribution in [3.05, 3.63) is 34.1 Å². The van der Waals surface area contributed by atoms with Crippen molar-refractivity contribution >= 4 is 11.6 Å². The van der Waals surface area contributed by atoms with Crippen molar-refractivity contribution in [1.82, 2.24) is 0 Å². The van der Waals surface area contributed by atoms with E-state index in [1.165, 1.54) is 0 Å². The Morgan fingerprint density at radius 3 is 2.29 bits per heavy atom. The second-order valence-corrected chi connectivity index (χ2v) is 2.98. The summed E-state index contributed by atoms with van der Waals surface area (Å²) >= 11 is 5.36. The molecule has 0 amide bonds. The standard InChI is InChI=1S/C8H6ClF4N/c9-7-4(3-14)1-2-5(10)6(7)8(11,12)13/h1-2H,3,14H2. The Bertz CT molecular complexity index is 348. The lowest BCUT2D eigenvalue weighted by molar-refractivity contribution is -0.139. The van der Waals surface area contributed by atoms with Gasteiger partial charge in [0.05, 0.1) is 5.02 Å². The maximum atomic E-state index is 12.8. The summed E-state index contributed by atoms with van der Waals surface area (Å²) in [6.07, 6.45) is -4.80. The van der Waals surface area contributed by atoms with E-state index in [-0.39, 0.29) is 12.1 Å². The van der Waals surface area contributed by atoms with Crippen molar-refractivity contribution in [2.45, 2.75) is 12.7 Å². The second kappa shape index (κ2) is 3.74. The van der Waals surface area contributed by atoms with Gasteiger partial charge in [-0.15, -0.1) is 0 Å². The molecule has 1 aromatic rings. The van der Waals surface area contributed by atoms with Gasteiger partial charge in [0, 0.05) is 6.54 Å². The fraction of sp³-hybridized carbons (Fsp3) is 0.250. The predicted molar refractivity (Wildman–Crippen MR) is 44.3 cm³/mol. The molecule has 0 aromatic heterocycles. The van der Waals surface area contributed by atoms with Crippen LogP contribution in [0.1, 0.15) is 11.1 Å². The average Bonchev–Trinajstić information content (AvgIpc) is 2.02. The highest BCUT2D eigenvalue weighted by Crippen LogP contribution is 2.37. The average molecular weight is 228 g/mol. The summed E-state index contributed by atoms with van der Waals surface area (Å²) < 4.78 is 49.6. The van der Waals surface area contributed by atoms with Gasteiger partial charge in [-0.05, 0) is 11.6 Å². The van der Waals surface area contributed by atoms with Crippen LogP contribution in [0.2, 0.25) is 5.02 Å². The number of rotatable bonds is 1. The van der Waals surface area contributed by atoms with Crippen LogP contribution in [0, 0.1) is 5.82 Å². The van der Waals surface area contributed by atoms with Gasteiger partial charge in [0.2, 0.25) is 0 Å². The number of nitrogens with two attached hydrogens (primary N) is 1. The van der Waals surface area contributed by atoms with Crippen LogP contribution in [0.25, 0.3) is 0 Å². The molecule has 0 bridgehead atoms. The lowest BCUT2D eigenvalue weighted by atomic mass is 10.1. The molecule has 78 valence electrons. The molecule has 0 saturated heterocycles. The number of halogens is 5. The zero-order valence-corrected chi connectivity index (χ0v) is 7.58. The highest BCUT2D eigenvalue weighted by atomic mass is 35.5. The summed E-state index contributed by atoms with van der Waals surface area (Å²) in [7, 11) is 0. The van der Waals surface area contributed by atoms with Gasteiger partial charge in [0.1, 0.15) is 11.4 Å². The Kier molecular flexibility index (Phi) is 3.01. The molecule has 0 heterocycles. The van der Waals surface area contributed by atoms with Crippen LogP contribution in [0.5, 0.6) is 0 Å². The van der Waals surface area contributed by atoms with Gasteiger partial charge < -0.3 is 5.73 Å². The fourth-order valence-corrected chi connectivity index (χ4v) is 1.35. The van der Waals surface area contributed by atoms with E-state index in [0.29, 0.717) is 6.07 Å². The van der Waals surface area contributed by atoms with Crippen LogP contribution < -0.4 is 5.73 Å². The van der Waals surface area contributed by atoms with Gasteiger partial charge in [0.25, 0.3) is 0 Å². The molecule has 0 atom stereocenters. The fourth-order valence-electron chi connectivity index (χ4n) is 1.01. The first-order valence-electron chi connectivity index (χ1n) is 3.62. The summed E-state index contributed by atoms with van der Waals surface area (Å²) in [6, 6.07) is 1.84. The second-order valence-electron chi connectivity index (χ2n) is 2.60. The van der Waals surface area contributed by atoms with E-state index < -0.39 is 22.6 Å². The Labute approximate surface area is 82.5 Å². The Morgan fingerprint density at radius 2 is 1.86 bits per heavy atom. The van der Waals surface area contributed by atoms with E-state index in [9.17, 15) is 17.6 Å². The summed E-state index contributed by atoms with van der Waals surface area (Å²) in [4.78, 5) is 0. The minimum Gasteiger partial charge on any atom is -0.326 e. The molecule has 0 aliphatic carbocycles. The molecule has 1 nitrogen and oxygen atoms in total. The zero-order valence-electron chi connectivity index (χ0n) is 6.83. The van der Waals surface area contributed by atoms with Crippen molar-refractivity contribution < 1.29 is 17.6 Å². The quantitative estimate of drug-likeness (QED) is 0.734. The number of hydrogen-bond acceptors (Lipinski definition) is 1. The van der Waals surface area contributed by atoms with Gasteiger partial charge in [-0.3, -0.25) is 0 Å². The number of benzene rings is 1. The Balaban J connectivity index is 3.40. The van der Waals surface area contributed by atoms with Crippen LogP contribution in [0.3, 0.4) is 0 Å². The van der Waals surface area contributed by atoms with E-state index in [4.69, 9.17) is 17.3 Å². The largest absolute Gasteiger partial charge is 0.420 e. The first kappa shape index (κ1) is 11.3. The smallest absolute Gasteiger partial charge is 0.326 e. The molecule has 0 spiro atoms. The molecular formula is C8H6ClF4N. The minimum absolute atomic E-state index is 0.0698. The summed E-state index contributed by atoms with van der Waals surface area (Å²) in [5.41, 5.74) is 3.75. The lowest BCUT2D eigenvalue weighted by Crippen LogP contribution is -2.11. The molecule has 1 rings (SSSR count). The third-order valence-electron chi connectivity index (χ3n) is 1.67. The molecule has 0 aliphatic heterocycles. The maximum absolute atomic E-state index is 12.8. The number of hydrogen-bond donors (Lipinski definition) is 1. The SMILES string of the molecule is NCc1ccc(F)c(C(F)(F)F)c1Cl.